The standard InChI is InChI=1S/C10H9ClF3NO/c1-5-3-7(10(12,13)14)9(8(11)4-5)15-6(2)16/h3-4H,1-2H3,(H,15,16). The van der Waals surface area contributed by atoms with Crippen LogP contribution in [0.3, 0.4) is 0 Å². The molecule has 0 aliphatic rings. The Morgan fingerprint density at radius 1 is 1.38 bits per heavy atom. The van der Waals surface area contributed by atoms with Crippen LogP contribution >= 0.6 is 11.6 Å². The molecule has 16 heavy (non-hydrogen) atoms. The molecule has 1 rings (SSSR count). The summed E-state index contributed by atoms with van der Waals surface area (Å²) in [6.45, 7) is 2.62. The van der Waals surface area contributed by atoms with Crippen molar-refractivity contribution in [1.82, 2.24) is 0 Å². The number of aryl methyl sites for hydroxylation is 1. The number of carbonyl (C=O) groups is 1. The van der Waals surface area contributed by atoms with Crippen LogP contribution in [-0.2, 0) is 11.0 Å². The maximum atomic E-state index is 12.6. The van der Waals surface area contributed by atoms with Gasteiger partial charge in [0.05, 0.1) is 16.3 Å². The van der Waals surface area contributed by atoms with Crippen LogP contribution in [-0.4, -0.2) is 5.91 Å². The van der Waals surface area contributed by atoms with Gasteiger partial charge in [-0.15, -0.1) is 0 Å². The van der Waals surface area contributed by atoms with Crippen LogP contribution in [0.2, 0.25) is 5.02 Å². The molecular weight excluding hydrogens is 243 g/mol. The zero-order valence-corrected chi connectivity index (χ0v) is 9.33. The minimum Gasteiger partial charge on any atom is -0.325 e. The SMILES string of the molecule is CC(=O)Nc1c(Cl)cc(C)cc1C(F)(F)F. The molecule has 2 nitrogen and oxygen atoms in total. The number of amides is 1. The predicted molar refractivity (Wildman–Crippen MR) is 55.5 cm³/mol. The lowest BCUT2D eigenvalue weighted by molar-refractivity contribution is -0.137. The summed E-state index contributed by atoms with van der Waals surface area (Å²) < 4.78 is 37.9. The number of rotatable bonds is 1. The molecule has 0 bridgehead atoms. The summed E-state index contributed by atoms with van der Waals surface area (Å²) in [5.41, 5.74) is -0.952. The van der Waals surface area contributed by atoms with Gasteiger partial charge in [0, 0.05) is 6.92 Å². The van der Waals surface area contributed by atoms with Gasteiger partial charge in [-0.05, 0) is 24.6 Å². The van der Waals surface area contributed by atoms with Crippen molar-refractivity contribution in [1.29, 1.82) is 0 Å². The van der Waals surface area contributed by atoms with Crippen molar-refractivity contribution in [2.45, 2.75) is 20.0 Å². The highest BCUT2D eigenvalue weighted by molar-refractivity contribution is 6.34. The maximum absolute atomic E-state index is 12.6. The highest BCUT2D eigenvalue weighted by atomic mass is 35.5. The molecule has 0 saturated carbocycles. The molecule has 6 heteroatoms. The Hall–Kier alpha value is -1.23. The fourth-order valence-electron chi connectivity index (χ4n) is 1.27. The number of nitrogens with one attached hydrogen (secondary N) is 1. The monoisotopic (exact) mass is 251 g/mol. The van der Waals surface area contributed by atoms with Crippen molar-refractivity contribution in [2.24, 2.45) is 0 Å². The molecule has 88 valence electrons. The molecule has 1 aromatic rings. The van der Waals surface area contributed by atoms with Crippen molar-refractivity contribution in [3.63, 3.8) is 0 Å². The fraction of sp³-hybridized carbons (Fsp3) is 0.300. The van der Waals surface area contributed by atoms with Crippen LogP contribution in [0.4, 0.5) is 18.9 Å². The van der Waals surface area contributed by atoms with E-state index in [1.54, 1.807) is 0 Å². The third-order valence-electron chi connectivity index (χ3n) is 1.84. The Labute approximate surface area is 95.4 Å². The smallest absolute Gasteiger partial charge is 0.325 e. The van der Waals surface area contributed by atoms with Crippen molar-refractivity contribution in [2.75, 3.05) is 5.32 Å². The molecule has 0 aromatic heterocycles. The third kappa shape index (κ3) is 2.88. The molecule has 0 aliphatic carbocycles. The summed E-state index contributed by atoms with van der Waals surface area (Å²) in [6.07, 6.45) is -4.55. The van der Waals surface area contributed by atoms with Gasteiger partial charge in [0.2, 0.25) is 5.91 Å². The molecule has 0 saturated heterocycles. The summed E-state index contributed by atoms with van der Waals surface area (Å²) >= 11 is 5.67. The Bertz CT molecular complexity index is 429. The maximum Gasteiger partial charge on any atom is 0.418 e. The minimum atomic E-state index is -4.55. The van der Waals surface area contributed by atoms with E-state index >= 15 is 0 Å². The van der Waals surface area contributed by atoms with Crippen LogP contribution in [0.1, 0.15) is 18.1 Å². The van der Waals surface area contributed by atoms with E-state index in [1.165, 1.54) is 13.0 Å². The normalized spacial score (nSPS) is 11.4. The van der Waals surface area contributed by atoms with Crippen LogP contribution in [0.25, 0.3) is 0 Å². The van der Waals surface area contributed by atoms with Gasteiger partial charge in [0.15, 0.2) is 0 Å². The lowest BCUT2D eigenvalue weighted by atomic mass is 10.1. The van der Waals surface area contributed by atoms with Crippen molar-refractivity contribution in [3.05, 3.63) is 28.3 Å². The van der Waals surface area contributed by atoms with Crippen molar-refractivity contribution < 1.29 is 18.0 Å². The highest BCUT2D eigenvalue weighted by Gasteiger charge is 2.35. The molecule has 0 heterocycles. The molecule has 1 N–H and O–H groups in total. The Morgan fingerprint density at radius 2 is 1.94 bits per heavy atom. The molecule has 1 aromatic carbocycles. The minimum absolute atomic E-state index is 0.123. The van der Waals surface area contributed by atoms with Gasteiger partial charge in [-0.2, -0.15) is 13.2 Å². The van der Waals surface area contributed by atoms with Crippen LogP contribution < -0.4 is 5.32 Å². The van der Waals surface area contributed by atoms with E-state index in [9.17, 15) is 18.0 Å². The van der Waals surface area contributed by atoms with Gasteiger partial charge in [-0.3, -0.25) is 4.79 Å². The number of benzene rings is 1. The first-order valence-electron chi connectivity index (χ1n) is 4.36. The predicted octanol–water partition coefficient (Wildman–Crippen LogP) is 3.63. The summed E-state index contributed by atoms with van der Waals surface area (Å²) in [6, 6.07) is 2.30. The number of hydrogen-bond donors (Lipinski definition) is 1. The fourth-order valence-corrected chi connectivity index (χ4v) is 1.59. The average Bonchev–Trinajstić information content (AvgIpc) is 2.06. The van der Waals surface area contributed by atoms with E-state index in [2.05, 4.69) is 5.32 Å². The third-order valence-corrected chi connectivity index (χ3v) is 2.14. The molecule has 0 fully saturated rings. The number of alkyl halides is 3. The first-order valence-corrected chi connectivity index (χ1v) is 4.74. The van der Waals surface area contributed by atoms with Gasteiger partial charge < -0.3 is 5.32 Å². The van der Waals surface area contributed by atoms with E-state index < -0.39 is 23.3 Å². The molecule has 0 atom stereocenters. The zero-order chi connectivity index (χ0) is 12.5. The number of anilines is 1. The van der Waals surface area contributed by atoms with Gasteiger partial charge >= 0.3 is 6.18 Å². The number of carbonyl (C=O) groups excluding carboxylic acids is 1. The van der Waals surface area contributed by atoms with Crippen LogP contribution in [0.5, 0.6) is 0 Å². The molecular formula is C10H9ClF3NO. The Balaban J connectivity index is 3.38. The summed E-state index contributed by atoms with van der Waals surface area (Å²) in [5.74, 6) is -0.601. The average molecular weight is 252 g/mol. The lowest BCUT2D eigenvalue weighted by Gasteiger charge is -2.15. The lowest BCUT2D eigenvalue weighted by Crippen LogP contribution is -2.14. The molecule has 0 spiro atoms. The second-order valence-corrected chi connectivity index (χ2v) is 3.76. The first-order chi connectivity index (χ1) is 7.21. The Kier molecular flexibility index (Phi) is 3.48. The van der Waals surface area contributed by atoms with Gasteiger partial charge in [0.25, 0.3) is 0 Å². The van der Waals surface area contributed by atoms with E-state index in [0.717, 1.165) is 13.0 Å². The molecule has 1 amide bonds. The van der Waals surface area contributed by atoms with E-state index in [1.807, 2.05) is 0 Å². The first kappa shape index (κ1) is 12.8. The summed E-state index contributed by atoms with van der Waals surface area (Å²) in [5, 5.41) is 1.96. The summed E-state index contributed by atoms with van der Waals surface area (Å²) in [4.78, 5) is 10.8. The highest BCUT2D eigenvalue weighted by Crippen LogP contribution is 2.39. The van der Waals surface area contributed by atoms with Gasteiger partial charge in [0.1, 0.15) is 0 Å². The van der Waals surface area contributed by atoms with Gasteiger partial charge in [-0.25, -0.2) is 0 Å². The van der Waals surface area contributed by atoms with Crippen molar-refractivity contribution in [3.8, 4) is 0 Å². The van der Waals surface area contributed by atoms with E-state index in [0.29, 0.717) is 5.56 Å². The van der Waals surface area contributed by atoms with E-state index in [4.69, 9.17) is 11.6 Å². The number of hydrogen-bond acceptors (Lipinski definition) is 1. The van der Waals surface area contributed by atoms with Crippen LogP contribution in [0.15, 0.2) is 12.1 Å². The van der Waals surface area contributed by atoms with E-state index in [-0.39, 0.29) is 5.02 Å². The van der Waals surface area contributed by atoms with Crippen molar-refractivity contribution >= 4 is 23.2 Å². The second-order valence-electron chi connectivity index (χ2n) is 3.35. The quantitative estimate of drug-likeness (QED) is 0.811. The summed E-state index contributed by atoms with van der Waals surface area (Å²) in [7, 11) is 0. The largest absolute Gasteiger partial charge is 0.418 e. The number of halogens is 4. The zero-order valence-electron chi connectivity index (χ0n) is 8.57. The molecule has 0 aliphatic heterocycles. The second kappa shape index (κ2) is 4.33. The topological polar surface area (TPSA) is 29.1 Å². The Morgan fingerprint density at radius 3 is 2.38 bits per heavy atom. The van der Waals surface area contributed by atoms with Crippen LogP contribution in [0, 0.1) is 6.92 Å². The molecule has 0 radical (unpaired) electrons. The molecule has 0 unspecified atom stereocenters. The van der Waals surface area contributed by atoms with Gasteiger partial charge in [-0.1, -0.05) is 11.6 Å².